The SMILES string of the molecule is CSc1cccc(NC(C)c2ccc(C#N)cc2)c1C#N. The molecule has 3 nitrogen and oxygen atoms in total. The van der Waals surface area contributed by atoms with Crippen LogP contribution in [0.25, 0.3) is 0 Å². The number of rotatable bonds is 4. The predicted octanol–water partition coefficient (Wildman–Crippen LogP) is 4.32. The summed E-state index contributed by atoms with van der Waals surface area (Å²) < 4.78 is 0. The lowest BCUT2D eigenvalue weighted by atomic mass is 10.1. The molecule has 0 aromatic heterocycles. The topological polar surface area (TPSA) is 59.6 Å². The molecule has 4 heteroatoms. The second kappa shape index (κ2) is 6.83. The highest BCUT2D eigenvalue weighted by molar-refractivity contribution is 7.98. The molecule has 2 aromatic rings. The van der Waals surface area contributed by atoms with E-state index in [-0.39, 0.29) is 6.04 Å². The summed E-state index contributed by atoms with van der Waals surface area (Å²) in [5.74, 6) is 0. The fraction of sp³-hybridized carbons (Fsp3) is 0.176. The van der Waals surface area contributed by atoms with Crippen molar-refractivity contribution in [3.8, 4) is 12.1 Å². The minimum atomic E-state index is 0.0574. The van der Waals surface area contributed by atoms with Gasteiger partial charge < -0.3 is 5.32 Å². The normalized spacial score (nSPS) is 11.2. The van der Waals surface area contributed by atoms with Crippen LogP contribution in [0.3, 0.4) is 0 Å². The number of thioether (sulfide) groups is 1. The zero-order valence-electron chi connectivity index (χ0n) is 11.9. The number of nitrogens with zero attached hydrogens (tertiary/aromatic N) is 2. The number of nitrogens with one attached hydrogen (secondary N) is 1. The van der Waals surface area contributed by atoms with E-state index in [0.29, 0.717) is 11.1 Å². The van der Waals surface area contributed by atoms with Crippen LogP contribution in [-0.2, 0) is 0 Å². The van der Waals surface area contributed by atoms with Crippen molar-refractivity contribution in [3.05, 3.63) is 59.2 Å². The molecule has 0 radical (unpaired) electrons. The van der Waals surface area contributed by atoms with Crippen LogP contribution in [0.15, 0.2) is 47.4 Å². The van der Waals surface area contributed by atoms with Crippen molar-refractivity contribution in [2.45, 2.75) is 17.9 Å². The van der Waals surface area contributed by atoms with Crippen molar-refractivity contribution >= 4 is 17.4 Å². The quantitative estimate of drug-likeness (QED) is 0.853. The number of nitriles is 2. The van der Waals surface area contributed by atoms with E-state index in [4.69, 9.17) is 5.26 Å². The first-order chi connectivity index (χ1) is 10.2. The highest BCUT2D eigenvalue weighted by Crippen LogP contribution is 2.29. The van der Waals surface area contributed by atoms with Crippen LogP contribution < -0.4 is 5.32 Å². The van der Waals surface area contributed by atoms with Crippen LogP contribution >= 0.6 is 11.8 Å². The summed E-state index contributed by atoms with van der Waals surface area (Å²) in [6.45, 7) is 2.04. The largest absolute Gasteiger partial charge is 0.377 e. The molecule has 1 N–H and O–H groups in total. The van der Waals surface area contributed by atoms with Crippen LogP contribution in [0.2, 0.25) is 0 Å². The smallest absolute Gasteiger partial charge is 0.102 e. The Bertz CT molecular complexity index is 708. The molecule has 0 fully saturated rings. The summed E-state index contributed by atoms with van der Waals surface area (Å²) in [7, 11) is 0. The Labute approximate surface area is 129 Å². The van der Waals surface area contributed by atoms with E-state index >= 15 is 0 Å². The Kier molecular flexibility index (Phi) is 4.87. The molecule has 0 saturated carbocycles. The lowest BCUT2D eigenvalue weighted by Gasteiger charge is -2.17. The van der Waals surface area contributed by atoms with Gasteiger partial charge in [0, 0.05) is 10.9 Å². The number of benzene rings is 2. The minimum absolute atomic E-state index is 0.0574. The Morgan fingerprint density at radius 1 is 1.05 bits per heavy atom. The summed E-state index contributed by atoms with van der Waals surface area (Å²) in [6.07, 6.45) is 1.96. The first-order valence-electron chi connectivity index (χ1n) is 6.53. The van der Waals surface area contributed by atoms with Gasteiger partial charge in [0.2, 0.25) is 0 Å². The highest BCUT2D eigenvalue weighted by Gasteiger charge is 2.11. The number of hydrogen-bond acceptors (Lipinski definition) is 4. The number of hydrogen-bond donors (Lipinski definition) is 1. The van der Waals surface area contributed by atoms with E-state index in [1.807, 2.05) is 43.5 Å². The van der Waals surface area contributed by atoms with Crippen LogP contribution in [0.1, 0.15) is 29.7 Å². The first kappa shape index (κ1) is 15.0. The Morgan fingerprint density at radius 3 is 2.33 bits per heavy atom. The molecule has 21 heavy (non-hydrogen) atoms. The number of anilines is 1. The third-order valence-corrected chi connectivity index (χ3v) is 4.05. The van der Waals surface area contributed by atoms with E-state index in [1.54, 1.807) is 23.9 Å². The van der Waals surface area contributed by atoms with Crippen molar-refractivity contribution in [1.82, 2.24) is 0 Å². The van der Waals surface area contributed by atoms with Gasteiger partial charge in [-0.25, -0.2) is 0 Å². The maximum atomic E-state index is 9.34. The summed E-state index contributed by atoms with van der Waals surface area (Å²) in [5, 5.41) is 21.5. The molecular weight excluding hydrogens is 278 g/mol. The summed E-state index contributed by atoms with van der Waals surface area (Å²) in [5.41, 5.74) is 3.23. The molecular formula is C17H15N3S. The monoisotopic (exact) mass is 293 g/mol. The molecule has 104 valence electrons. The van der Waals surface area contributed by atoms with E-state index in [0.717, 1.165) is 16.1 Å². The van der Waals surface area contributed by atoms with Crippen LogP contribution in [0.5, 0.6) is 0 Å². The van der Waals surface area contributed by atoms with Gasteiger partial charge in [0.05, 0.1) is 22.9 Å². The van der Waals surface area contributed by atoms with E-state index < -0.39 is 0 Å². The minimum Gasteiger partial charge on any atom is -0.377 e. The maximum Gasteiger partial charge on any atom is 0.102 e. The Hall–Kier alpha value is -2.43. The molecule has 0 spiro atoms. The van der Waals surface area contributed by atoms with Gasteiger partial charge in [-0.3, -0.25) is 0 Å². The van der Waals surface area contributed by atoms with Gasteiger partial charge in [0.25, 0.3) is 0 Å². The highest BCUT2D eigenvalue weighted by atomic mass is 32.2. The standard InChI is InChI=1S/C17H15N3S/c1-12(14-8-6-13(10-18)7-9-14)20-16-4-3-5-17(21-2)15(16)11-19/h3-9,12,20H,1-2H3. The van der Waals surface area contributed by atoms with Gasteiger partial charge in [0.15, 0.2) is 0 Å². The molecule has 0 bridgehead atoms. The molecule has 0 aliphatic rings. The zero-order chi connectivity index (χ0) is 15.2. The molecule has 0 aliphatic carbocycles. The molecule has 0 saturated heterocycles. The second-order valence-corrected chi connectivity index (χ2v) is 5.44. The van der Waals surface area contributed by atoms with E-state index in [1.165, 1.54) is 0 Å². The van der Waals surface area contributed by atoms with Crippen LogP contribution in [0, 0.1) is 22.7 Å². The van der Waals surface area contributed by atoms with Crippen molar-refractivity contribution in [2.75, 3.05) is 11.6 Å². The summed E-state index contributed by atoms with van der Waals surface area (Å²) in [6, 6.07) is 17.7. The Balaban J connectivity index is 2.25. The predicted molar refractivity (Wildman–Crippen MR) is 86.1 cm³/mol. The molecule has 0 amide bonds. The fourth-order valence-corrected chi connectivity index (χ4v) is 2.67. The maximum absolute atomic E-state index is 9.34. The van der Waals surface area contributed by atoms with Gasteiger partial charge >= 0.3 is 0 Å². The van der Waals surface area contributed by atoms with Crippen LogP contribution in [0.4, 0.5) is 5.69 Å². The van der Waals surface area contributed by atoms with E-state index in [2.05, 4.69) is 17.5 Å². The Morgan fingerprint density at radius 2 is 1.76 bits per heavy atom. The van der Waals surface area contributed by atoms with Crippen molar-refractivity contribution in [3.63, 3.8) is 0 Å². The average molecular weight is 293 g/mol. The molecule has 1 atom stereocenters. The molecule has 2 rings (SSSR count). The second-order valence-electron chi connectivity index (χ2n) is 4.59. The third kappa shape index (κ3) is 3.37. The van der Waals surface area contributed by atoms with Crippen molar-refractivity contribution in [1.29, 1.82) is 10.5 Å². The van der Waals surface area contributed by atoms with Gasteiger partial charge in [-0.15, -0.1) is 11.8 Å². The third-order valence-electron chi connectivity index (χ3n) is 3.27. The molecule has 1 unspecified atom stereocenters. The van der Waals surface area contributed by atoms with Gasteiger partial charge in [-0.2, -0.15) is 10.5 Å². The zero-order valence-corrected chi connectivity index (χ0v) is 12.7. The fourth-order valence-electron chi connectivity index (χ4n) is 2.10. The van der Waals surface area contributed by atoms with Gasteiger partial charge in [-0.05, 0) is 43.0 Å². The molecule has 2 aromatic carbocycles. The molecule has 0 heterocycles. The average Bonchev–Trinajstić information content (AvgIpc) is 2.54. The van der Waals surface area contributed by atoms with Crippen LogP contribution in [-0.4, -0.2) is 6.26 Å². The lowest BCUT2D eigenvalue weighted by molar-refractivity contribution is 0.882. The molecule has 0 aliphatic heterocycles. The van der Waals surface area contributed by atoms with E-state index in [9.17, 15) is 5.26 Å². The van der Waals surface area contributed by atoms with Gasteiger partial charge in [0.1, 0.15) is 6.07 Å². The van der Waals surface area contributed by atoms with Gasteiger partial charge in [-0.1, -0.05) is 18.2 Å². The summed E-state index contributed by atoms with van der Waals surface area (Å²) in [4.78, 5) is 0.967. The lowest BCUT2D eigenvalue weighted by Crippen LogP contribution is -2.08. The summed E-state index contributed by atoms with van der Waals surface area (Å²) >= 11 is 1.56. The van der Waals surface area contributed by atoms with Crippen molar-refractivity contribution in [2.24, 2.45) is 0 Å². The van der Waals surface area contributed by atoms with Crippen molar-refractivity contribution < 1.29 is 0 Å². The first-order valence-corrected chi connectivity index (χ1v) is 7.75.